The molecular weight excluding hydrogens is 568 g/mol. The topological polar surface area (TPSA) is 111 Å². The van der Waals surface area contributed by atoms with Gasteiger partial charge in [0, 0.05) is 6.42 Å². The lowest BCUT2D eigenvalue weighted by Gasteiger charge is -2.08. The Morgan fingerprint density at radius 2 is 0.659 bits per heavy atom. The molecule has 0 saturated heterocycles. The van der Waals surface area contributed by atoms with Crippen LogP contribution in [0.2, 0.25) is 0 Å². The van der Waals surface area contributed by atoms with E-state index in [1.165, 1.54) is 83.5 Å². The van der Waals surface area contributed by atoms with Crippen LogP contribution in [0.5, 0.6) is 0 Å². The molecule has 264 valence electrons. The zero-order chi connectivity index (χ0) is 31.9. The SMILES string of the molecule is CCCCCCCCCCCCCCCCCC(=O)OCCOCCOCCOCCOCCOCCOCCOCCO. The van der Waals surface area contributed by atoms with E-state index in [0.717, 1.165) is 12.8 Å². The van der Waals surface area contributed by atoms with Crippen LogP contribution in [0.15, 0.2) is 0 Å². The Kier molecular flexibility index (Phi) is 39.4. The van der Waals surface area contributed by atoms with E-state index < -0.39 is 0 Å². The summed E-state index contributed by atoms with van der Waals surface area (Å²) in [5, 5.41) is 8.58. The molecule has 0 radical (unpaired) electrons. The highest BCUT2D eigenvalue weighted by atomic mass is 16.6. The lowest BCUT2D eigenvalue weighted by Crippen LogP contribution is -2.15. The zero-order valence-corrected chi connectivity index (χ0v) is 28.2. The van der Waals surface area contributed by atoms with E-state index in [9.17, 15) is 4.79 Å². The molecule has 0 amide bonds. The van der Waals surface area contributed by atoms with Gasteiger partial charge in [0.05, 0.1) is 99.1 Å². The Morgan fingerprint density at radius 3 is 0.977 bits per heavy atom. The summed E-state index contributed by atoms with van der Waals surface area (Å²) in [4.78, 5) is 11.8. The molecule has 10 heteroatoms. The molecule has 0 atom stereocenters. The van der Waals surface area contributed by atoms with Gasteiger partial charge in [-0.05, 0) is 6.42 Å². The lowest BCUT2D eigenvalue weighted by molar-refractivity contribution is -0.145. The van der Waals surface area contributed by atoms with Crippen LogP contribution in [-0.2, 0) is 42.7 Å². The van der Waals surface area contributed by atoms with Gasteiger partial charge in [0.25, 0.3) is 0 Å². The molecule has 44 heavy (non-hydrogen) atoms. The zero-order valence-electron chi connectivity index (χ0n) is 28.2. The summed E-state index contributed by atoms with van der Waals surface area (Å²) in [5.74, 6) is -0.129. The summed E-state index contributed by atoms with van der Waals surface area (Å²) in [6.07, 6.45) is 20.3. The highest BCUT2D eigenvalue weighted by Crippen LogP contribution is 2.13. The van der Waals surface area contributed by atoms with Gasteiger partial charge in [-0.3, -0.25) is 4.79 Å². The van der Waals surface area contributed by atoms with Crippen LogP contribution >= 0.6 is 0 Å². The van der Waals surface area contributed by atoms with Gasteiger partial charge >= 0.3 is 5.97 Å². The van der Waals surface area contributed by atoms with Crippen molar-refractivity contribution in [1.29, 1.82) is 0 Å². The minimum atomic E-state index is -0.129. The number of hydrogen-bond donors (Lipinski definition) is 1. The van der Waals surface area contributed by atoms with Crippen molar-refractivity contribution in [2.24, 2.45) is 0 Å². The van der Waals surface area contributed by atoms with Gasteiger partial charge in [-0.2, -0.15) is 0 Å². The van der Waals surface area contributed by atoms with E-state index in [1.807, 2.05) is 0 Å². The Morgan fingerprint density at radius 1 is 0.386 bits per heavy atom. The molecule has 0 bridgehead atoms. The van der Waals surface area contributed by atoms with Gasteiger partial charge in [-0.15, -0.1) is 0 Å². The number of hydrogen-bond acceptors (Lipinski definition) is 10. The standard InChI is InChI=1S/C34H68O10/c1-2-3-4-5-6-7-8-9-10-11-12-13-14-15-16-17-34(36)44-33-32-43-31-30-42-29-28-41-27-26-40-25-24-39-23-22-38-21-20-37-19-18-35/h35H,2-33H2,1H3. The van der Waals surface area contributed by atoms with Crippen molar-refractivity contribution in [1.82, 2.24) is 0 Å². The predicted octanol–water partition coefficient (Wildman–Crippen LogP) is 5.90. The van der Waals surface area contributed by atoms with Crippen LogP contribution in [0, 0.1) is 0 Å². The molecule has 0 unspecified atom stereocenters. The third kappa shape index (κ3) is 39.2. The summed E-state index contributed by atoms with van der Waals surface area (Å²) >= 11 is 0. The van der Waals surface area contributed by atoms with Crippen LogP contribution in [0.25, 0.3) is 0 Å². The Balaban J connectivity index is 3.13. The maximum absolute atomic E-state index is 11.8. The monoisotopic (exact) mass is 636 g/mol. The smallest absolute Gasteiger partial charge is 0.305 e. The second kappa shape index (κ2) is 40.2. The number of unbranched alkanes of at least 4 members (excludes halogenated alkanes) is 14. The van der Waals surface area contributed by atoms with Crippen molar-refractivity contribution in [2.45, 2.75) is 110 Å². The first-order valence-electron chi connectivity index (χ1n) is 17.6. The molecule has 10 nitrogen and oxygen atoms in total. The molecule has 0 aliphatic rings. The second-order valence-electron chi connectivity index (χ2n) is 10.9. The summed E-state index contributed by atoms with van der Waals surface area (Å²) in [6.45, 7) is 9.23. The van der Waals surface area contributed by atoms with Gasteiger partial charge < -0.3 is 43.0 Å². The third-order valence-corrected chi connectivity index (χ3v) is 6.94. The van der Waals surface area contributed by atoms with Crippen molar-refractivity contribution >= 4 is 5.97 Å². The van der Waals surface area contributed by atoms with Crippen molar-refractivity contribution < 1.29 is 47.8 Å². The first-order valence-corrected chi connectivity index (χ1v) is 17.6. The molecule has 0 saturated carbocycles. The van der Waals surface area contributed by atoms with Gasteiger partial charge in [-0.25, -0.2) is 0 Å². The van der Waals surface area contributed by atoms with Crippen molar-refractivity contribution in [2.75, 3.05) is 106 Å². The summed E-state index contributed by atoms with van der Waals surface area (Å²) in [6, 6.07) is 0. The number of esters is 1. The number of aliphatic hydroxyl groups excluding tert-OH is 1. The highest BCUT2D eigenvalue weighted by Gasteiger charge is 2.03. The van der Waals surface area contributed by atoms with E-state index in [-0.39, 0.29) is 12.6 Å². The molecule has 0 aromatic heterocycles. The summed E-state index contributed by atoms with van der Waals surface area (Å²) < 4.78 is 42.9. The van der Waals surface area contributed by atoms with Crippen LogP contribution in [0.1, 0.15) is 110 Å². The van der Waals surface area contributed by atoms with E-state index >= 15 is 0 Å². The number of rotatable bonds is 39. The quantitative estimate of drug-likeness (QED) is 0.0647. The Labute approximate surface area is 269 Å². The van der Waals surface area contributed by atoms with Gasteiger partial charge in [-0.1, -0.05) is 96.8 Å². The maximum Gasteiger partial charge on any atom is 0.305 e. The molecule has 1 N–H and O–H groups in total. The average Bonchev–Trinajstić information content (AvgIpc) is 3.03. The molecule has 0 aliphatic carbocycles. The number of carbonyl (C=O) groups excluding carboxylic acids is 1. The van der Waals surface area contributed by atoms with Gasteiger partial charge in [0.2, 0.25) is 0 Å². The van der Waals surface area contributed by atoms with E-state index in [4.69, 9.17) is 43.0 Å². The van der Waals surface area contributed by atoms with E-state index in [0.29, 0.717) is 106 Å². The van der Waals surface area contributed by atoms with Crippen LogP contribution in [0.4, 0.5) is 0 Å². The fraction of sp³-hybridized carbons (Fsp3) is 0.971. The van der Waals surface area contributed by atoms with Crippen LogP contribution < -0.4 is 0 Å². The largest absolute Gasteiger partial charge is 0.463 e. The minimum Gasteiger partial charge on any atom is -0.463 e. The predicted molar refractivity (Wildman–Crippen MR) is 173 cm³/mol. The minimum absolute atomic E-state index is 0.0269. The molecule has 0 fully saturated rings. The van der Waals surface area contributed by atoms with Gasteiger partial charge in [0.1, 0.15) is 6.61 Å². The van der Waals surface area contributed by atoms with Gasteiger partial charge in [0.15, 0.2) is 0 Å². The first kappa shape index (κ1) is 43.1. The fourth-order valence-electron chi connectivity index (χ4n) is 4.41. The molecular formula is C34H68O10. The van der Waals surface area contributed by atoms with Crippen LogP contribution in [0.3, 0.4) is 0 Å². The molecule has 0 aromatic rings. The summed E-state index contributed by atoms with van der Waals surface area (Å²) in [7, 11) is 0. The van der Waals surface area contributed by atoms with Crippen molar-refractivity contribution in [3.8, 4) is 0 Å². The lowest BCUT2D eigenvalue weighted by atomic mass is 10.0. The average molecular weight is 637 g/mol. The number of ether oxygens (including phenoxy) is 8. The van der Waals surface area contributed by atoms with Crippen molar-refractivity contribution in [3.63, 3.8) is 0 Å². The number of carbonyl (C=O) groups is 1. The first-order chi connectivity index (χ1) is 21.8. The molecule has 0 spiro atoms. The normalized spacial score (nSPS) is 11.4. The Bertz CT molecular complexity index is 538. The second-order valence-corrected chi connectivity index (χ2v) is 10.9. The van der Waals surface area contributed by atoms with E-state index in [2.05, 4.69) is 6.92 Å². The summed E-state index contributed by atoms with van der Waals surface area (Å²) in [5.41, 5.74) is 0. The van der Waals surface area contributed by atoms with E-state index in [1.54, 1.807) is 0 Å². The third-order valence-electron chi connectivity index (χ3n) is 6.94. The fourth-order valence-corrected chi connectivity index (χ4v) is 4.41. The molecule has 0 aliphatic heterocycles. The van der Waals surface area contributed by atoms with Crippen LogP contribution in [-0.4, -0.2) is 117 Å². The molecule has 0 heterocycles. The van der Waals surface area contributed by atoms with Crippen molar-refractivity contribution in [3.05, 3.63) is 0 Å². The number of aliphatic hydroxyl groups is 1. The molecule has 0 aromatic carbocycles. The Hall–Kier alpha value is -0.850. The maximum atomic E-state index is 11.8. The molecule has 0 rings (SSSR count). The highest BCUT2D eigenvalue weighted by molar-refractivity contribution is 5.69.